The summed E-state index contributed by atoms with van der Waals surface area (Å²) in [6.45, 7) is 3.02. The van der Waals surface area contributed by atoms with Crippen LogP contribution in [0.4, 0.5) is 10.1 Å². The van der Waals surface area contributed by atoms with Crippen molar-refractivity contribution in [3.63, 3.8) is 0 Å². The van der Waals surface area contributed by atoms with Gasteiger partial charge in [0, 0.05) is 43.2 Å². The van der Waals surface area contributed by atoms with Crippen LogP contribution in [0.5, 0.6) is 11.5 Å². The van der Waals surface area contributed by atoms with Crippen LogP contribution in [0.2, 0.25) is 5.02 Å². The maximum atomic E-state index is 14.2. The van der Waals surface area contributed by atoms with Gasteiger partial charge < -0.3 is 14.4 Å². The van der Waals surface area contributed by atoms with Crippen molar-refractivity contribution in [3.05, 3.63) is 88.7 Å². The number of nitrogens with zero attached hydrogens (tertiary/aromatic N) is 4. The van der Waals surface area contributed by atoms with E-state index < -0.39 is 0 Å². The van der Waals surface area contributed by atoms with E-state index >= 15 is 0 Å². The number of ether oxygens (including phenoxy) is 2. The zero-order valence-electron chi connectivity index (χ0n) is 20.1. The third-order valence-electron chi connectivity index (χ3n) is 7.06. The summed E-state index contributed by atoms with van der Waals surface area (Å²) >= 11 is 6.47. The maximum absolute atomic E-state index is 14.2. The molecule has 1 fully saturated rings. The van der Waals surface area contributed by atoms with Gasteiger partial charge in [-0.05, 0) is 35.9 Å². The molecule has 3 aliphatic heterocycles. The van der Waals surface area contributed by atoms with Gasteiger partial charge in [0.25, 0.3) is 5.91 Å². The number of halogens is 2. The molecule has 0 N–H and O–H groups in total. The summed E-state index contributed by atoms with van der Waals surface area (Å²) < 4.78 is 25.3. The average Bonchev–Trinajstić information content (AvgIpc) is 3.57. The minimum absolute atomic E-state index is 0.0935. The monoisotopic (exact) mass is 520 g/mol. The highest BCUT2D eigenvalue weighted by Crippen LogP contribution is 2.40. The van der Waals surface area contributed by atoms with E-state index in [-0.39, 0.29) is 31.1 Å². The number of carbonyl (C=O) groups is 1. The van der Waals surface area contributed by atoms with Gasteiger partial charge in [-0.25, -0.2) is 9.40 Å². The highest BCUT2D eigenvalue weighted by atomic mass is 35.5. The number of rotatable bonds is 5. The molecular weight excluding hydrogens is 495 g/mol. The van der Waals surface area contributed by atoms with Crippen LogP contribution < -0.4 is 14.4 Å². The van der Waals surface area contributed by atoms with Crippen LogP contribution in [-0.4, -0.2) is 61.0 Å². The Morgan fingerprint density at radius 3 is 2.54 bits per heavy atom. The quantitative estimate of drug-likeness (QED) is 0.488. The Kier molecular flexibility index (Phi) is 6.44. The summed E-state index contributed by atoms with van der Waals surface area (Å²) in [5.74, 6) is 1.04. The van der Waals surface area contributed by atoms with E-state index in [0.717, 1.165) is 16.8 Å². The second kappa shape index (κ2) is 10.0. The Morgan fingerprint density at radius 1 is 0.973 bits per heavy atom. The molecule has 0 radical (unpaired) electrons. The number of piperazine rings is 1. The van der Waals surface area contributed by atoms with Gasteiger partial charge in [-0.2, -0.15) is 5.10 Å². The summed E-state index contributed by atoms with van der Waals surface area (Å²) in [5.41, 5.74) is 3.12. The first-order chi connectivity index (χ1) is 18.1. The van der Waals surface area contributed by atoms with E-state index in [0.29, 0.717) is 54.8 Å². The lowest BCUT2D eigenvalue weighted by Crippen LogP contribution is -2.49. The Morgan fingerprint density at radius 2 is 1.73 bits per heavy atom. The predicted molar refractivity (Wildman–Crippen MR) is 140 cm³/mol. The van der Waals surface area contributed by atoms with Gasteiger partial charge in [0.15, 0.2) is 11.5 Å². The molecular formula is C28H26ClFN4O3. The van der Waals surface area contributed by atoms with E-state index in [9.17, 15) is 9.18 Å². The van der Waals surface area contributed by atoms with Crippen LogP contribution in [0.15, 0.2) is 71.8 Å². The lowest BCUT2D eigenvalue weighted by molar-refractivity contribution is -0.134. The minimum Gasteiger partial charge on any atom is -0.454 e. The molecule has 9 heteroatoms. The molecule has 0 saturated carbocycles. The predicted octanol–water partition coefficient (Wildman–Crippen LogP) is 4.71. The number of anilines is 1. The van der Waals surface area contributed by atoms with Crippen molar-refractivity contribution in [2.75, 3.05) is 44.4 Å². The molecule has 3 aromatic rings. The number of amides is 1. The number of benzene rings is 3. The third kappa shape index (κ3) is 4.74. The molecule has 0 aliphatic carbocycles. The first-order valence-corrected chi connectivity index (χ1v) is 12.7. The number of carbonyl (C=O) groups excluding carboxylic acids is 1. The number of para-hydroxylation sites is 1. The molecule has 7 nitrogen and oxygen atoms in total. The molecule has 0 aromatic heterocycles. The van der Waals surface area contributed by atoms with E-state index in [1.807, 2.05) is 53.4 Å². The molecule has 37 heavy (non-hydrogen) atoms. The zero-order valence-corrected chi connectivity index (χ0v) is 20.9. The average molecular weight is 521 g/mol. The second-order valence-electron chi connectivity index (χ2n) is 9.31. The van der Waals surface area contributed by atoms with E-state index in [2.05, 4.69) is 4.90 Å². The molecule has 1 atom stereocenters. The van der Waals surface area contributed by atoms with Gasteiger partial charge >= 0.3 is 0 Å². The SMILES string of the molecule is O=C(CN1CCN(c2ccccc2F)CC1)N1N=C(c2ccccc2Cl)CC1c1ccc2c(c1)OCO2. The molecule has 3 aliphatic rings. The molecule has 190 valence electrons. The van der Waals surface area contributed by atoms with Crippen molar-refractivity contribution in [3.8, 4) is 11.5 Å². The van der Waals surface area contributed by atoms with Crippen LogP contribution in [-0.2, 0) is 4.79 Å². The van der Waals surface area contributed by atoms with E-state index in [1.165, 1.54) is 6.07 Å². The minimum atomic E-state index is -0.284. The second-order valence-corrected chi connectivity index (χ2v) is 9.72. The molecule has 6 rings (SSSR count). The first-order valence-electron chi connectivity index (χ1n) is 12.3. The van der Waals surface area contributed by atoms with Crippen molar-refractivity contribution in [1.29, 1.82) is 0 Å². The number of fused-ring (bicyclic) bond motifs is 1. The summed E-state index contributed by atoms with van der Waals surface area (Å²) in [6, 6.07) is 19.8. The van der Waals surface area contributed by atoms with Crippen molar-refractivity contribution in [1.82, 2.24) is 9.91 Å². The number of hydrogen-bond donors (Lipinski definition) is 0. The lowest BCUT2D eigenvalue weighted by atomic mass is 9.98. The molecule has 1 amide bonds. The number of hydrogen-bond acceptors (Lipinski definition) is 6. The lowest BCUT2D eigenvalue weighted by Gasteiger charge is -2.36. The molecule has 3 aromatic carbocycles. The molecule has 1 saturated heterocycles. The van der Waals surface area contributed by atoms with Gasteiger partial charge in [0.05, 0.1) is 24.0 Å². The molecule has 0 spiro atoms. The number of hydrazone groups is 1. The molecule has 0 bridgehead atoms. The topological polar surface area (TPSA) is 57.6 Å². The zero-order chi connectivity index (χ0) is 25.4. The van der Waals surface area contributed by atoms with Crippen molar-refractivity contribution in [2.24, 2.45) is 5.10 Å². The van der Waals surface area contributed by atoms with Crippen LogP contribution in [0, 0.1) is 5.82 Å². The summed E-state index contributed by atoms with van der Waals surface area (Å²) in [5, 5.41) is 6.95. The van der Waals surface area contributed by atoms with E-state index in [1.54, 1.807) is 17.1 Å². The molecule has 1 unspecified atom stereocenters. The van der Waals surface area contributed by atoms with Crippen LogP contribution in [0.25, 0.3) is 0 Å². The van der Waals surface area contributed by atoms with Gasteiger partial charge in [-0.1, -0.05) is 48.0 Å². The van der Waals surface area contributed by atoms with Crippen LogP contribution >= 0.6 is 11.6 Å². The Labute approximate surface area is 219 Å². The third-order valence-corrected chi connectivity index (χ3v) is 7.39. The fourth-order valence-corrected chi connectivity index (χ4v) is 5.34. The fraction of sp³-hybridized carbons (Fsp3) is 0.286. The largest absolute Gasteiger partial charge is 0.454 e. The van der Waals surface area contributed by atoms with Gasteiger partial charge in [0.1, 0.15) is 5.82 Å². The highest BCUT2D eigenvalue weighted by molar-refractivity contribution is 6.34. The van der Waals surface area contributed by atoms with E-state index in [4.69, 9.17) is 26.2 Å². The van der Waals surface area contributed by atoms with Crippen LogP contribution in [0.3, 0.4) is 0 Å². The van der Waals surface area contributed by atoms with Crippen molar-refractivity contribution < 1.29 is 18.7 Å². The molecule has 3 heterocycles. The summed E-state index contributed by atoms with van der Waals surface area (Å²) in [6.07, 6.45) is 0.538. The van der Waals surface area contributed by atoms with Gasteiger partial charge in [0.2, 0.25) is 6.79 Å². The normalized spacial score (nSPS) is 19.3. The van der Waals surface area contributed by atoms with Crippen molar-refractivity contribution in [2.45, 2.75) is 12.5 Å². The Balaban J connectivity index is 1.20. The Hall–Kier alpha value is -3.62. The fourth-order valence-electron chi connectivity index (χ4n) is 5.10. The standard InChI is InChI=1S/C28H26ClFN4O3/c29-21-6-2-1-5-20(21)23-16-25(19-9-10-26-27(15-19)37-18-36-26)34(31-23)28(35)17-32-11-13-33(14-12-32)24-8-4-3-7-22(24)30/h1-10,15,25H,11-14,16-18H2. The summed E-state index contributed by atoms with van der Waals surface area (Å²) in [4.78, 5) is 17.7. The van der Waals surface area contributed by atoms with Crippen LogP contribution in [0.1, 0.15) is 23.6 Å². The van der Waals surface area contributed by atoms with Gasteiger partial charge in [-0.3, -0.25) is 9.69 Å². The van der Waals surface area contributed by atoms with Crippen molar-refractivity contribution >= 4 is 28.9 Å². The highest BCUT2D eigenvalue weighted by Gasteiger charge is 2.35. The first kappa shape index (κ1) is 23.8. The smallest absolute Gasteiger partial charge is 0.257 e. The van der Waals surface area contributed by atoms with Gasteiger partial charge in [-0.15, -0.1) is 0 Å². The Bertz CT molecular complexity index is 1360. The summed E-state index contributed by atoms with van der Waals surface area (Å²) in [7, 11) is 0. The maximum Gasteiger partial charge on any atom is 0.257 e.